The van der Waals surface area contributed by atoms with Crippen LogP contribution in [0.1, 0.15) is 68.7 Å². The van der Waals surface area contributed by atoms with Crippen molar-refractivity contribution >= 4 is 20.3 Å². The molecule has 6 heteroatoms. The monoisotopic (exact) mass is 380 g/mol. The van der Waals surface area contributed by atoms with Crippen LogP contribution in [0.3, 0.4) is 0 Å². The number of methoxy groups -OCH3 is 1. The van der Waals surface area contributed by atoms with Gasteiger partial charge in [0.1, 0.15) is 0 Å². The number of rotatable bonds is 9. The molecule has 0 radical (unpaired) electrons. The summed E-state index contributed by atoms with van der Waals surface area (Å²) in [6.07, 6.45) is 0.778. The fraction of sp³-hybridized carbons (Fsp3) is 0.600. The Bertz CT molecular complexity index is 629. The third-order valence-corrected chi connectivity index (χ3v) is 11.7. The van der Waals surface area contributed by atoms with Gasteiger partial charge in [0.05, 0.1) is 11.1 Å². The summed E-state index contributed by atoms with van der Waals surface area (Å²) in [5.41, 5.74) is 0.439. The maximum Gasteiger partial charge on any atom is 0.336 e. The van der Waals surface area contributed by atoms with Crippen molar-refractivity contribution in [2.75, 3.05) is 13.7 Å². The Kier molecular flexibility index (Phi) is 7.59. The van der Waals surface area contributed by atoms with Crippen LogP contribution in [-0.4, -0.2) is 39.1 Å². The molecule has 0 saturated carbocycles. The third-order valence-electron chi connectivity index (χ3n) is 5.34. The second-order valence-corrected chi connectivity index (χ2v) is 13.4. The molecule has 0 atom stereocenters. The first-order valence-corrected chi connectivity index (χ1v) is 11.1. The Labute approximate surface area is 157 Å². The molecule has 5 nitrogen and oxygen atoms in total. The normalized spacial score (nSPS) is 12.5. The van der Waals surface area contributed by atoms with Crippen molar-refractivity contribution in [1.29, 1.82) is 0 Å². The number of carboxylic acid groups (broad SMARTS) is 1. The van der Waals surface area contributed by atoms with E-state index in [1.807, 2.05) is 0 Å². The topological polar surface area (TPSA) is 72.8 Å². The van der Waals surface area contributed by atoms with Crippen molar-refractivity contribution in [3.8, 4) is 0 Å². The molecule has 0 aliphatic rings. The van der Waals surface area contributed by atoms with Crippen molar-refractivity contribution < 1.29 is 23.9 Å². The van der Waals surface area contributed by atoms with E-state index in [0.29, 0.717) is 6.61 Å². The molecule has 0 spiro atoms. The van der Waals surface area contributed by atoms with E-state index >= 15 is 0 Å². The predicted octanol–water partition coefficient (Wildman–Crippen LogP) is 5.12. The molecule has 1 aromatic carbocycles. The van der Waals surface area contributed by atoms with E-state index in [-0.39, 0.29) is 27.2 Å². The highest BCUT2D eigenvalue weighted by Crippen LogP contribution is 2.53. The molecule has 0 saturated heterocycles. The number of ether oxygens (including phenoxy) is 1. The summed E-state index contributed by atoms with van der Waals surface area (Å²) in [5, 5.41) is 9.17. The Balaban J connectivity index is 3.39. The van der Waals surface area contributed by atoms with E-state index in [1.54, 1.807) is 19.2 Å². The Morgan fingerprint density at radius 1 is 1.08 bits per heavy atom. The van der Waals surface area contributed by atoms with Gasteiger partial charge >= 0.3 is 11.9 Å². The van der Waals surface area contributed by atoms with Gasteiger partial charge in [-0.25, -0.2) is 9.59 Å². The van der Waals surface area contributed by atoms with Gasteiger partial charge in [0, 0.05) is 13.7 Å². The van der Waals surface area contributed by atoms with E-state index in [0.717, 1.165) is 6.42 Å². The highest BCUT2D eigenvalue weighted by atomic mass is 28.4. The van der Waals surface area contributed by atoms with E-state index in [1.165, 1.54) is 12.1 Å². The summed E-state index contributed by atoms with van der Waals surface area (Å²) in [4.78, 5) is 24.5. The Hall–Kier alpha value is -1.66. The lowest BCUT2D eigenvalue weighted by Gasteiger charge is -2.49. The molecule has 0 heterocycles. The number of carbonyl (C=O) groups is 2. The summed E-state index contributed by atoms with van der Waals surface area (Å²) >= 11 is 0. The minimum Gasteiger partial charge on any atom is -0.514 e. The molecule has 0 unspecified atom stereocenters. The fourth-order valence-electron chi connectivity index (χ4n) is 4.21. The molecule has 0 aromatic heterocycles. The molecule has 26 heavy (non-hydrogen) atoms. The van der Waals surface area contributed by atoms with E-state index in [2.05, 4.69) is 41.5 Å². The average Bonchev–Trinajstić information content (AvgIpc) is 2.56. The van der Waals surface area contributed by atoms with Crippen LogP contribution in [0.25, 0.3) is 0 Å². The molecule has 1 N–H and O–H groups in total. The van der Waals surface area contributed by atoms with E-state index < -0.39 is 20.3 Å². The van der Waals surface area contributed by atoms with Gasteiger partial charge in [-0.3, -0.25) is 0 Å². The number of hydrogen-bond acceptors (Lipinski definition) is 4. The number of hydrogen-bond donors (Lipinski definition) is 1. The highest BCUT2D eigenvalue weighted by molar-refractivity contribution is 6.80. The number of carbonyl (C=O) groups excluding carboxylic acids is 1. The lowest BCUT2D eigenvalue weighted by Crippen LogP contribution is -2.55. The maximum absolute atomic E-state index is 13.0. The minimum absolute atomic E-state index is 0.0254. The SMILES string of the molecule is COCCC(C)(C)[Si](OC(=O)c1ccccc1C(=O)O)(C(C)C)C(C)C. The van der Waals surface area contributed by atoms with Crippen LogP contribution in [0.15, 0.2) is 24.3 Å². The number of aromatic carboxylic acids is 1. The first kappa shape index (κ1) is 22.4. The van der Waals surface area contributed by atoms with Gasteiger partial charge in [-0.2, -0.15) is 0 Å². The smallest absolute Gasteiger partial charge is 0.336 e. The molecular weight excluding hydrogens is 348 g/mol. The average molecular weight is 381 g/mol. The maximum atomic E-state index is 13.0. The van der Waals surface area contributed by atoms with Crippen LogP contribution in [-0.2, 0) is 9.16 Å². The molecule has 0 amide bonds. The molecule has 146 valence electrons. The molecule has 1 rings (SSSR count). The molecule has 0 fully saturated rings. The van der Waals surface area contributed by atoms with Crippen LogP contribution in [0, 0.1) is 0 Å². The first-order chi connectivity index (χ1) is 12.0. The molecule has 0 aliphatic heterocycles. The quantitative estimate of drug-likeness (QED) is 0.602. The summed E-state index contributed by atoms with van der Waals surface area (Å²) in [6, 6.07) is 6.22. The predicted molar refractivity (Wildman–Crippen MR) is 105 cm³/mol. The highest BCUT2D eigenvalue weighted by Gasteiger charge is 2.56. The van der Waals surface area contributed by atoms with Crippen molar-refractivity contribution in [3.63, 3.8) is 0 Å². The molecular formula is C20H32O5Si. The first-order valence-electron chi connectivity index (χ1n) is 9.05. The van der Waals surface area contributed by atoms with Gasteiger partial charge in [0.2, 0.25) is 0 Å². The van der Waals surface area contributed by atoms with E-state index in [9.17, 15) is 14.7 Å². The zero-order valence-electron chi connectivity index (χ0n) is 17.0. The van der Waals surface area contributed by atoms with Crippen LogP contribution in [0.4, 0.5) is 0 Å². The zero-order valence-corrected chi connectivity index (χ0v) is 18.0. The summed E-state index contributed by atoms with van der Waals surface area (Å²) in [6.45, 7) is 13.2. The minimum atomic E-state index is -2.64. The fourth-order valence-corrected chi connectivity index (χ4v) is 10.3. The Morgan fingerprint density at radius 3 is 2.00 bits per heavy atom. The second kappa shape index (κ2) is 8.82. The second-order valence-electron chi connectivity index (χ2n) is 7.97. The van der Waals surface area contributed by atoms with Gasteiger partial charge in [-0.1, -0.05) is 53.7 Å². The standard InChI is InChI=1S/C20H32O5Si/c1-14(2)26(15(3)4,20(5,6)12-13-24-7)25-19(23)17-11-9-8-10-16(17)18(21)22/h8-11,14-15H,12-13H2,1-7H3,(H,21,22). The van der Waals surface area contributed by atoms with Crippen LogP contribution in [0.5, 0.6) is 0 Å². The number of benzene rings is 1. The van der Waals surface area contributed by atoms with Crippen molar-refractivity contribution in [2.45, 2.75) is 64.1 Å². The summed E-state index contributed by atoms with van der Waals surface area (Å²) in [7, 11) is -0.975. The van der Waals surface area contributed by atoms with E-state index in [4.69, 9.17) is 9.16 Å². The van der Waals surface area contributed by atoms with Crippen molar-refractivity contribution in [3.05, 3.63) is 35.4 Å². The Morgan fingerprint density at radius 2 is 1.58 bits per heavy atom. The van der Waals surface area contributed by atoms with Gasteiger partial charge in [0.25, 0.3) is 8.32 Å². The van der Waals surface area contributed by atoms with Gasteiger partial charge in [-0.15, -0.1) is 0 Å². The summed E-state index contributed by atoms with van der Waals surface area (Å²) in [5.74, 6) is -1.67. The van der Waals surface area contributed by atoms with Gasteiger partial charge < -0.3 is 14.3 Å². The lowest BCUT2D eigenvalue weighted by atomic mass is 10.1. The van der Waals surface area contributed by atoms with Crippen molar-refractivity contribution in [1.82, 2.24) is 0 Å². The van der Waals surface area contributed by atoms with Gasteiger partial charge in [0.15, 0.2) is 0 Å². The van der Waals surface area contributed by atoms with Crippen LogP contribution < -0.4 is 0 Å². The van der Waals surface area contributed by atoms with Gasteiger partial charge in [-0.05, 0) is 34.7 Å². The largest absolute Gasteiger partial charge is 0.514 e. The molecule has 0 aliphatic carbocycles. The van der Waals surface area contributed by atoms with Crippen molar-refractivity contribution in [2.24, 2.45) is 0 Å². The third kappa shape index (κ3) is 4.35. The van der Waals surface area contributed by atoms with Crippen LogP contribution >= 0.6 is 0 Å². The summed E-state index contributed by atoms with van der Waals surface area (Å²) < 4.78 is 11.6. The lowest BCUT2D eigenvalue weighted by molar-refractivity contribution is 0.0649. The zero-order chi connectivity index (χ0) is 20.1. The van der Waals surface area contributed by atoms with Crippen LogP contribution in [0.2, 0.25) is 16.1 Å². The molecule has 0 bridgehead atoms. The molecule has 1 aromatic rings. The number of carboxylic acids is 1.